The molecule has 25 heavy (non-hydrogen) atoms. The molecule has 1 aliphatic heterocycles. The number of imidazole rings is 1. The highest BCUT2D eigenvalue weighted by Gasteiger charge is 2.23. The second-order valence-electron chi connectivity index (χ2n) is 7.53. The van der Waals surface area contributed by atoms with E-state index in [-0.39, 0.29) is 11.8 Å². The third-order valence-electron chi connectivity index (χ3n) is 4.26. The quantitative estimate of drug-likeness (QED) is 0.520. The average Bonchev–Trinajstić information content (AvgIpc) is 2.78. The third-order valence-corrected chi connectivity index (χ3v) is 7.10. The van der Waals surface area contributed by atoms with Crippen molar-refractivity contribution in [2.24, 2.45) is 0 Å². The topological polar surface area (TPSA) is 58.3 Å². The Hall–Kier alpha value is -0.673. The van der Waals surface area contributed by atoms with Gasteiger partial charge in [0, 0.05) is 14.6 Å². The number of pyridine rings is 1. The van der Waals surface area contributed by atoms with E-state index in [4.69, 9.17) is 21.1 Å². The van der Waals surface area contributed by atoms with Crippen LogP contribution in [-0.4, -0.2) is 48.1 Å². The number of rotatable bonds is 5. The number of aryl methyl sites for hydroxylation is 1. The van der Waals surface area contributed by atoms with Crippen molar-refractivity contribution in [2.45, 2.75) is 44.9 Å². The van der Waals surface area contributed by atoms with Crippen molar-refractivity contribution in [3.63, 3.8) is 0 Å². The van der Waals surface area contributed by atoms with Crippen molar-refractivity contribution in [1.82, 2.24) is 14.1 Å². The summed E-state index contributed by atoms with van der Waals surface area (Å²) in [5.41, 5.74) is 1.34. The first-order valence-corrected chi connectivity index (χ1v) is 13.3. The fraction of sp³-hybridized carbons (Fsp3) is 0.625. The monoisotopic (exact) mass is 447 g/mol. The largest absolute Gasteiger partial charge is 0.376 e. The van der Waals surface area contributed by atoms with Crippen LogP contribution in [0.2, 0.25) is 30.8 Å². The summed E-state index contributed by atoms with van der Waals surface area (Å²) >= 11 is 9.60. The Balaban J connectivity index is 2.04. The van der Waals surface area contributed by atoms with E-state index in [1.54, 1.807) is 9.13 Å². The molecule has 0 radical (unpaired) electrons. The highest BCUT2D eigenvalue weighted by Crippen LogP contribution is 2.25. The van der Waals surface area contributed by atoms with Gasteiger partial charge in [0.15, 0.2) is 5.65 Å². The predicted octanol–water partition coefficient (Wildman–Crippen LogP) is 3.37. The summed E-state index contributed by atoms with van der Waals surface area (Å²) in [6.07, 6.45) is -0.128. The van der Waals surface area contributed by atoms with Gasteiger partial charge in [-0.05, 0) is 28.0 Å². The van der Waals surface area contributed by atoms with Gasteiger partial charge in [0.05, 0.1) is 42.5 Å². The van der Waals surface area contributed by atoms with E-state index in [9.17, 15) is 4.79 Å². The summed E-state index contributed by atoms with van der Waals surface area (Å²) < 4.78 is 15.3. The molecule has 0 unspecified atom stereocenters. The SMILES string of the molecule is C[Si](C)(C)CCn1c(=O)n(C[C@H]2COCCO2)c2cc(Br)c(Cl)nc21. The van der Waals surface area contributed by atoms with Gasteiger partial charge in [-0.1, -0.05) is 31.2 Å². The molecule has 0 bridgehead atoms. The maximum absolute atomic E-state index is 13.0. The maximum atomic E-state index is 13.0. The minimum absolute atomic E-state index is 0.0657. The van der Waals surface area contributed by atoms with E-state index in [2.05, 4.69) is 40.6 Å². The molecule has 3 rings (SSSR count). The highest BCUT2D eigenvalue weighted by molar-refractivity contribution is 9.10. The van der Waals surface area contributed by atoms with Crippen LogP contribution in [-0.2, 0) is 22.6 Å². The second kappa shape index (κ2) is 7.52. The molecule has 1 fully saturated rings. The molecule has 0 aromatic carbocycles. The molecule has 1 saturated heterocycles. The fourth-order valence-corrected chi connectivity index (χ4v) is 4.19. The number of ether oxygens (including phenoxy) is 2. The Morgan fingerprint density at radius 2 is 2.12 bits per heavy atom. The molecule has 0 amide bonds. The number of aromatic nitrogens is 3. The Morgan fingerprint density at radius 3 is 2.76 bits per heavy atom. The first-order valence-electron chi connectivity index (χ1n) is 8.41. The van der Waals surface area contributed by atoms with Crippen molar-refractivity contribution < 1.29 is 9.47 Å². The standard InChI is InChI=1S/C16H23BrClN3O3Si/c1-25(2,3)7-4-20-15-13(8-12(17)14(18)19-15)21(16(20)22)9-11-10-23-5-6-24-11/h8,11H,4-7,9-10H2,1-3H3/t11-/m0/s1. The smallest absolute Gasteiger partial charge is 0.330 e. The molecule has 0 spiro atoms. The molecule has 138 valence electrons. The number of halogens is 2. The fourth-order valence-electron chi connectivity index (χ4n) is 2.86. The molecule has 2 aromatic rings. The molecule has 6 nitrogen and oxygen atoms in total. The lowest BCUT2D eigenvalue weighted by atomic mass is 10.3. The van der Waals surface area contributed by atoms with Gasteiger partial charge in [0.1, 0.15) is 5.15 Å². The molecule has 0 aliphatic carbocycles. The minimum Gasteiger partial charge on any atom is -0.376 e. The Bertz CT molecular complexity index is 825. The zero-order chi connectivity index (χ0) is 18.2. The third kappa shape index (κ3) is 4.36. The summed E-state index contributed by atoms with van der Waals surface area (Å²) in [6, 6.07) is 2.87. The van der Waals surface area contributed by atoms with Crippen molar-refractivity contribution in [2.75, 3.05) is 19.8 Å². The van der Waals surface area contributed by atoms with E-state index < -0.39 is 8.07 Å². The van der Waals surface area contributed by atoms with E-state index in [1.165, 1.54) is 0 Å². The van der Waals surface area contributed by atoms with E-state index in [1.807, 2.05) is 6.07 Å². The van der Waals surface area contributed by atoms with Crippen LogP contribution in [0.5, 0.6) is 0 Å². The van der Waals surface area contributed by atoms with Crippen molar-refractivity contribution >= 4 is 46.8 Å². The van der Waals surface area contributed by atoms with Crippen LogP contribution in [0.3, 0.4) is 0 Å². The van der Waals surface area contributed by atoms with Gasteiger partial charge in [0.2, 0.25) is 0 Å². The predicted molar refractivity (Wildman–Crippen MR) is 105 cm³/mol. The van der Waals surface area contributed by atoms with Gasteiger partial charge >= 0.3 is 5.69 Å². The van der Waals surface area contributed by atoms with Gasteiger partial charge < -0.3 is 9.47 Å². The van der Waals surface area contributed by atoms with Crippen LogP contribution >= 0.6 is 27.5 Å². The second-order valence-corrected chi connectivity index (χ2v) is 14.4. The van der Waals surface area contributed by atoms with Crippen LogP contribution in [0.1, 0.15) is 0 Å². The molecular formula is C16H23BrClN3O3Si. The van der Waals surface area contributed by atoms with Crippen LogP contribution in [0.25, 0.3) is 11.2 Å². The lowest BCUT2D eigenvalue weighted by Crippen LogP contribution is -2.36. The van der Waals surface area contributed by atoms with Crippen LogP contribution in [0, 0.1) is 0 Å². The molecule has 0 N–H and O–H groups in total. The molecule has 9 heteroatoms. The molecule has 1 aliphatic rings. The number of hydrogen-bond acceptors (Lipinski definition) is 4. The summed E-state index contributed by atoms with van der Waals surface area (Å²) in [5, 5.41) is 0.364. The first-order chi connectivity index (χ1) is 11.8. The molecule has 0 saturated carbocycles. The van der Waals surface area contributed by atoms with E-state index >= 15 is 0 Å². The molecular weight excluding hydrogens is 426 g/mol. The van der Waals surface area contributed by atoms with E-state index in [0.717, 1.165) is 11.6 Å². The van der Waals surface area contributed by atoms with Crippen molar-refractivity contribution in [3.8, 4) is 0 Å². The van der Waals surface area contributed by atoms with Gasteiger partial charge in [-0.3, -0.25) is 9.13 Å². The number of nitrogens with zero attached hydrogens (tertiary/aromatic N) is 3. The molecule has 2 aromatic heterocycles. The normalized spacial score (nSPS) is 18.8. The summed E-state index contributed by atoms with van der Waals surface area (Å²) in [7, 11) is -1.29. The summed E-state index contributed by atoms with van der Waals surface area (Å²) in [5.74, 6) is 0. The van der Waals surface area contributed by atoms with Gasteiger partial charge in [0.25, 0.3) is 0 Å². The maximum Gasteiger partial charge on any atom is 0.330 e. The van der Waals surface area contributed by atoms with Crippen molar-refractivity contribution in [3.05, 3.63) is 26.2 Å². The Labute approximate surface area is 161 Å². The van der Waals surface area contributed by atoms with Crippen LogP contribution in [0.15, 0.2) is 15.3 Å². The van der Waals surface area contributed by atoms with Gasteiger partial charge in [-0.15, -0.1) is 0 Å². The average molecular weight is 449 g/mol. The number of hydrogen-bond donors (Lipinski definition) is 0. The zero-order valence-electron chi connectivity index (χ0n) is 14.7. The zero-order valence-corrected chi connectivity index (χ0v) is 18.1. The Morgan fingerprint density at radius 1 is 1.36 bits per heavy atom. The lowest BCUT2D eigenvalue weighted by molar-refractivity contribution is -0.0935. The van der Waals surface area contributed by atoms with Crippen LogP contribution in [0.4, 0.5) is 0 Å². The van der Waals surface area contributed by atoms with Crippen molar-refractivity contribution in [1.29, 1.82) is 0 Å². The number of fused-ring (bicyclic) bond motifs is 1. The van der Waals surface area contributed by atoms with Crippen LogP contribution < -0.4 is 5.69 Å². The Kier molecular flexibility index (Phi) is 5.74. The van der Waals surface area contributed by atoms with E-state index in [0.29, 0.717) is 48.2 Å². The highest BCUT2D eigenvalue weighted by atomic mass is 79.9. The first kappa shape index (κ1) is 19.1. The summed E-state index contributed by atoms with van der Waals surface area (Å²) in [6.45, 7) is 9.64. The molecule has 3 heterocycles. The van der Waals surface area contributed by atoms with Gasteiger partial charge in [-0.25, -0.2) is 9.78 Å². The molecule has 1 atom stereocenters. The summed E-state index contributed by atoms with van der Waals surface area (Å²) in [4.78, 5) is 17.5. The minimum atomic E-state index is -1.29. The lowest BCUT2D eigenvalue weighted by Gasteiger charge is -2.23. The van der Waals surface area contributed by atoms with Gasteiger partial charge in [-0.2, -0.15) is 0 Å².